The maximum atomic E-state index is 12.2. The lowest BCUT2D eigenvalue weighted by atomic mass is 10.1. The zero-order chi connectivity index (χ0) is 15.9. The Morgan fingerprint density at radius 3 is 2.23 bits per heavy atom. The molecule has 0 saturated heterocycles. The molecule has 3 amide bonds. The van der Waals surface area contributed by atoms with E-state index in [1.165, 1.54) is 6.07 Å². The first-order valence-electron chi connectivity index (χ1n) is 6.60. The number of benzene rings is 2. The third-order valence-electron chi connectivity index (χ3n) is 2.94. The average molecular weight is 297 g/mol. The van der Waals surface area contributed by atoms with E-state index < -0.39 is 11.8 Å². The molecule has 6 heteroatoms. The van der Waals surface area contributed by atoms with Crippen molar-refractivity contribution >= 4 is 23.4 Å². The molecule has 2 rings (SSSR count). The van der Waals surface area contributed by atoms with Crippen LogP contribution in [0.5, 0.6) is 0 Å². The molecule has 0 fully saturated rings. The van der Waals surface area contributed by atoms with E-state index in [0.717, 1.165) is 5.56 Å². The van der Waals surface area contributed by atoms with Gasteiger partial charge in [0.15, 0.2) is 0 Å². The minimum Gasteiger partial charge on any atom is -0.361 e. The number of amides is 3. The second kappa shape index (κ2) is 7.03. The molecular formula is C16H15N3O3. The minimum atomic E-state index is -1.11. The molecule has 0 spiro atoms. The molecule has 0 aliphatic carbocycles. The first-order valence-corrected chi connectivity index (χ1v) is 6.60. The maximum Gasteiger partial charge on any atom is 0.313 e. The minimum absolute atomic E-state index is 0.233. The van der Waals surface area contributed by atoms with Crippen LogP contribution in [0.4, 0.5) is 5.69 Å². The summed E-state index contributed by atoms with van der Waals surface area (Å²) in [7, 11) is 0. The summed E-state index contributed by atoms with van der Waals surface area (Å²) >= 11 is 0. The number of anilines is 1. The van der Waals surface area contributed by atoms with Gasteiger partial charge in [-0.05, 0) is 17.7 Å². The lowest BCUT2D eigenvalue weighted by molar-refractivity contribution is -0.134. The molecule has 2 aromatic carbocycles. The van der Waals surface area contributed by atoms with Crippen LogP contribution in [0.25, 0.3) is 0 Å². The average Bonchev–Trinajstić information content (AvgIpc) is 2.54. The van der Waals surface area contributed by atoms with E-state index in [4.69, 9.17) is 5.73 Å². The van der Waals surface area contributed by atoms with E-state index in [2.05, 4.69) is 10.6 Å². The number of rotatable bonds is 4. The third kappa shape index (κ3) is 3.92. The van der Waals surface area contributed by atoms with Crippen LogP contribution in [0.1, 0.15) is 15.9 Å². The van der Waals surface area contributed by atoms with Gasteiger partial charge in [-0.1, -0.05) is 42.5 Å². The van der Waals surface area contributed by atoms with Crippen molar-refractivity contribution in [1.82, 2.24) is 5.32 Å². The second-order valence-electron chi connectivity index (χ2n) is 4.53. The summed E-state index contributed by atoms with van der Waals surface area (Å²) < 4.78 is 0. The van der Waals surface area contributed by atoms with Crippen molar-refractivity contribution in [3.63, 3.8) is 0 Å². The summed E-state index contributed by atoms with van der Waals surface area (Å²) in [6.45, 7) is 0.359. The summed E-state index contributed by atoms with van der Waals surface area (Å²) in [5, 5.41) is 5.07. The molecule has 0 aromatic heterocycles. The molecule has 0 aliphatic heterocycles. The Morgan fingerprint density at radius 1 is 0.909 bits per heavy atom. The zero-order valence-corrected chi connectivity index (χ0v) is 11.7. The third-order valence-corrected chi connectivity index (χ3v) is 2.94. The Hall–Kier alpha value is -3.15. The fourth-order valence-electron chi connectivity index (χ4n) is 1.85. The quantitative estimate of drug-likeness (QED) is 0.735. The maximum absolute atomic E-state index is 12.2. The monoisotopic (exact) mass is 297 g/mol. The Balaban J connectivity index is 2.09. The van der Waals surface area contributed by atoms with Gasteiger partial charge in [-0.15, -0.1) is 0 Å². The normalized spacial score (nSPS) is 9.82. The fourth-order valence-corrected chi connectivity index (χ4v) is 1.85. The van der Waals surface area contributed by atoms with Crippen molar-refractivity contribution in [1.29, 1.82) is 0 Å². The zero-order valence-electron chi connectivity index (χ0n) is 11.7. The lowest BCUT2D eigenvalue weighted by Crippen LogP contribution is -2.31. The highest BCUT2D eigenvalue weighted by Gasteiger charge is 2.15. The largest absolute Gasteiger partial charge is 0.361 e. The molecule has 0 aliphatic rings. The van der Waals surface area contributed by atoms with Crippen LogP contribution in [-0.4, -0.2) is 17.7 Å². The van der Waals surface area contributed by atoms with Gasteiger partial charge in [-0.2, -0.15) is 0 Å². The molecule has 0 bridgehead atoms. The van der Waals surface area contributed by atoms with Gasteiger partial charge in [0, 0.05) is 6.54 Å². The standard InChI is InChI=1S/C16H15N3O3/c17-14(20)16(22)19-13-9-5-4-8-12(13)15(21)18-10-11-6-2-1-3-7-11/h1-9H,10H2,(H2,17,20)(H,18,21)(H,19,22). The molecule has 6 nitrogen and oxygen atoms in total. The molecule has 0 unspecified atom stereocenters. The van der Waals surface area contributed by atoms with Gasteiger partial charge >= 0.3 is 11.8 Å². The van der Waals surface area contributed by atoms with E-state index in [1.54, 1.807) is 18.2 Å². The lowest BCUT2D eigenvalue weighted by Gasteiger charge is -2.10. The molecule has 4 N–H and O–H groups in total. The predicted molar refractivity (Wildman–Crippen MR) is 81.9 cm³/mol. The molecule has 112 valence electrons. The van der Waals surface area contributed by atoms with E-state index in [0.29, 0.717) is 6.54 Å². The SMILES string of the molecule is NC(=O)C(=O)Nc1ccccc1C(=O)NCc1ccccc1. The first kappa shape index (κ1) is 15.2. The van der Waals surface area contributed by atoms with Gasteiger partial charge in [0.05, 0.1) is 11.3 Å². The summed E-state index contributed by atoms with van der Waals surface area (Å²) in [5.41, 5.74) is 6.34. The Bertz CT molecular complexity index is 699. The predicted octanol–water partition coefficient (Wildman–Crippen LogP) is 1.04. The Morgan fingerprint density at radius 2 is 1.55 bits per heavy atom. The molecule has 2 aromatic rings. The van der Waals surface area contributed by atoms with Crippen molar-refractivity contribution < 1.29 is 14.4 Å². The molecule has 22 heavy (non-hydrogen) atoms. The Labute approximate surface area is 127 Å². The number of nitrogens with one attached hydrogen (secondary N) is 2. The van der Waals surface area contributed by atoms with E-state index >= 15 is 0 Å². The molecule has 0 saturated carbocycles. The van der Waals surface area contributed by atoms with Crippen LogP contribution in [-0.2, 0) is 16.1 Å². The number of nitrogens with two attached hydrogens (primary N) is 1. The van der Waals surface area contributed by atoms with E-state index in [9.17, 15) is 14.4 Å². The number of primary amides is 1. The van der Waals surface area contributed by atoms with Crippen molar-refractivity contribution in [2.75, 3.05) is 5.32 Å². The summed E-state index contributed by atoms with van der Waals surface area (Å²) in [4.78, 5) is 34.4. The molecule has 0 radical (unpaired) electrons. The topological polar surface area (TPSA) is 101 Å². The summed E-state index contributed by atoms with van der Waals surface area (Å²) in [6.07, 6.45) is 0. The van der Waals surface area contributed by atoms with Gasteiger partial charge in [-0.25, -0.2) is 0 Å². The van der Waals surface area contributed by atoms with Crippen LogP contribution < -0.4 is 16.4 Å². The van der Waals surface area contributed by atoms with Gasteiger partial charge in [0.2, 0.25) is 0 Å². The highest BCUT2D eigenvalue weighted by molar-refractivity contribution is 6.39. The van der Waals surface area contributed by atoms with Crippen LogP contribution in [0.3, 0.4) is 0 Å². The number of para-hydroxylation sites is 1. The van der Waals surface area contributed by atoms with Crippen molar-refractivity contribution in [2.45, 2.75) is 6.54 Å². The fraction of sp³-hybridized carbons (Fsp3) is 0.0625. The van der Waals surface area contributed by atoms with E-state index in [1.807, 2.05) is 30.3 Å². The number of carbonyl (C=O) groups excluding carboxylic acids is 3. The van der Waals surface area contributed by atoms with Crippen molar-refractivity contribution in [2.24, 2.45) is 5.73 Å². The van der Waals surface area contributed by atoms with Crippen LogP contribution in [0.2, 0.25) is 0 Å². The van der Waals surface area contributed by atoms with Gasteiger partial charge in [-0.3, -0.25) is 14.4 Å². The van der Waals surface area contributed by atoms with Crippen LogP contribution >= 0.6 is 0 Å². The van der Waals surface area contributed by atoms with Crippen molar-refractivity contribution in [3.8, 4) is 0 Å². The van der Waals surface area contributed by atoms with Gasteiger partial charge < -0.3 is 16.4 Å². The van der Waals surface area contributed by atoms with Crippen LogP contribution in [0, 0.1) is 0 Å². The second-order valence-corrected chi connectivity index (χ2v) is 4.53. The smallest absolute Gasteiger partial charge is 0.313 e. The highest BCUT2D eigenvalue weighted by atomic mass is 16.2. The number of carbonyl (C=O) groups is 3. The Kier molecular flexibility index (Phi) is 4.87. The molecule has 0 heterocycles. The van der Waals surface area contributed by atoms with Gasteiger partial charge in [0.1, 0.15) is 0 Å². The van der Waals surface area contributed by atoms with E-state index in [-0.39, 0.29) is 17.2 Å². The summed E-state index contributed by atoms with van der Waals surface area (Å²) in [6, 6.07) is 15.8. The van der Waals surface area contributed by atoms with Crippen molar-refractivity contribution in [3.05, 3.63) is 65.7 Å². The first-order chi connectivity index (χ1) is 10.6. The van der Waals surface area contributed by atoms with Crippen LogP contribution in [0.15, 0.2) is 54.6 Å². The molecular weight excluding hydrogens is 282 g/mol. The number of hydrogen-bond acceptors (Lipinski definition) is 3. The van der Waals surface area contributed by atoms with Gasteiger partial charge in [0.25, 0.3) is 5.91 Å². The molecule has 0 atom stereocenters. The highest BCUT2D eigenvalue weighted by Crippen LogP contribution is 2.15. The summed E-state index contributed by atoms with van der Waals surface area (Å²) in [5.74, 6) is -2.44. The number of hydrogen-bond donors (Lipinski definition) is 3.